The Balaban J connectivity index is 1.32. The molecule has 0 unspecified atom stereocenters. The summed E-state index contributed by atoms with van der Waals surface area (Å²) in [6.45, 7) is 4.59. The largest absolute Gasteiger partial charge is 0.310 e. The number of hydrogen-bond acceptors (Lipinski definition) is 6. The van der Waals surface area contributed by atoms with E-state index >= 15 is 0 Å². The zero-order valence-electron chi connectivity index (χ0n) is 29.4. The van der Waals surface area contributed by atoms with E-state index in [2.05, 4.69) is 134 Å². The summed E-state index contributed by atoms with van der Waals surface area (Å²) in [7, 11) is 0. The first-order valence-electron chi connectivity index (χ1n) is 17.9. The van der Waals surface area contributed by atoms with Gasteiger partial charge in [0.1, 0.15) is 23.8 Å². The van der Waals surface area contributed by atoms with Crippen LogP contribution in [0.25, 0.3) is 36.9 Å². The van der Waals surface area contributed by atoms with Crippen LogP contribution in [0, 0.1) is 34.0 Å². The Kier molecular flexibility index (Phi) is 10.2. The molecule has 2 aromatic heterocycles. The molecular formula is C46H38N4S2. The van der Waals surface area contributed by atoms with Gasteiger partial charge in [0, 0.05) is 42.0 Å². The number of nitriles is 3. The number of nitrogens with zero attached hydrogens (tertiary/aromatic N) is 4. The lowest BCUT2D eigenvalue weighted by Crippen LogP contribution is -2.26. The van der Waals surface area contributed by atoms with Crippen LogP contribution >= 0.6 is 22.7 Å². The molecule has 7 rings (SSSR count). The highest BCUT2D eigenvalue weighted by Gasteiger charge is 2.42. The molecule has 52 heavy (non-hydrogen) atoms. The van der Waals surface area contributed by atoms with Gasteiger partial charge in [0.05, 0.1) is 5.57 Å². The second-order valence-electron chi connectivity index (χ2n) is 13.2. The number of para-hydroxylation sites is 2. The highest BCUT2D eigenvalue weighted by Crippen LogP contribution is 2.56. The van der Waals surface area contributed by atoms with Gasteiger partial charge in [-0.05, 0) is 107 Å². The molecule has 6 aromatic rings. The summed E-state index contributed by atoms with van der Waals surface area (Å²) in [6.07, 6.45) is 6.79. The summed E-state index contributed by atoms with van der Waals surface area (Å²) in [5.41, 5.74) is 10.1. The van der Waals surface area contributed by atoms with Gasteiger partial charge in [-0.3, -0.25) is 0 Å². The van der Waals surface area contributed by atoms with Crippen molar-refractivity contribution in [2.45, 2.75) is 57.8 Å². The Morgan fingerprint density at radius 3 is 1.73 bits per heavy atom. The summed E-state index contributed by atoms with van der Waals surface area (Å²) < 4.78 is 0. The van der Waals surface area contributed by atoms with E-state index in [1.54, 1.807) is 11.3 Å². The second kappa shape index (κ2) is 15.3. The van der Waals surface area contributed by atoms with E-state index in [-0.39, 0.29) is 16.6 Å². The van der Waals surface area contributed by atoms with Crippen molar-refractivity contribution in [1.29, 1.82) is 15.8 Å². The summed E-state index contributed by atoms with van der Waals surface area (Å²) >= 11 is 3.17. The minimum atomic E-state index is -0.156. The van der Waals surface area contributed by atoms with Crippen LogP contribution in [0.1, 0.15) is 68.4 Å². The second-order valence-corrected chi connectivity index (χ2v) is 15.4. The molecule has 0 spiro atoms. The molecule has 1 aliphatic rings. The van der Waals surface area contributed by atoms with Crippen LogP contribution in [-0.2, 0) is 5.41 Å². The molecular weight excluding hydrogens is 673 g/mol. The topological polar surface area (TPSA) is 74.6 Å². The molecule has 254 valence electrons. The number of fused-ring (bicyclic) bond motifs is 3. The first-order chi connectivity index (χ1) is 25.5. The fraction of sp³-hybridized carbons (Fsp3) is 0.196. The van der Waals surface area contributed by atoms with E-state index in [9.17, 15) is 15.8 Å². The van der Waals surface area contributed by atoms with E-state index in [0.29, 0.717) is 4.88 Å². The van der Waals surface area contributed by atoms with Gasteiger partial charge in [0.2, 0.25) is 0 Å². The van der Waals surface area contributed by atoms with Crippen LogP contribution < -0.4 is 4.90 Å². The third-order valence-electron chi connectivity index (χ3n) is 10.1. The molecule has 0 saturated heterocycles. The number of anilines is 3. The fourth-order valence-corrected chi connectivity index (χ4v) is 9.70. The summed E-state index contributed by atoms with van der Waals surface area (Å²) in [4.78, 5) is 6.30. The first-order valence-corrected chi connectivity index (χ1v) is 19.5. The van der Waals surface area contributed by atoms with E-state index < -0.39 is 0 Å². The first kappa shape index (κ1) is 34.7. The van der Waals surface area contributed by atoms with Crippen molar-refractivity contribution >= 4 is 45.3 Å². The van der Waals surface area contributed by atoms with Gasteiger partial charge in [-0.25, -0.2) is 0 Å². The summed E-state index contributed by atoms with van der Waals surface area (Å²) in [5.74, 6) is 0. The lowest BCUT2D eigenvalue weighted by Gasteiger charge is -2.34. The van der Waals surface area contributed by atoms with Crippen LogP contribution in [0.3, 0.4) is 0 Å². The quantitative estimate of drug-likeness (QED) is 0.118. The number of unbranched alkanes of at least 4 members (excludes halogenated alkanes) is 2. The molecule has 0 fully saturated rings. The molecule has 4 nitrogen and oxygen atoms in total. The third-order valence-corrected chi connectivity index (χ3v) is 12.5. The molecule has 4 aromatic carbocycles. The molecule has 2 heterocycles. The monoisotopic (exact) mass is 710 g/mol. The smallest absolute Gasteiger partial charge is 0.148 e. The predicted molar refractivity (Wildman–Crippen MR) is 217 cm³/mol. The van der Waals surface area contributed by atoms with Crippen molar-refractivity contribution in [3.8, 4) is 49.5 Å². The SMILES string of the molecule is CCCCC1(CCCC)c2cc(-c3ccc(-c4ccc(C(C#N)=C(C#N)C#N)s4)s3)ccc2-c2ccc(N(c3ccccc3)c3ccccc3)cc21. The molecule has 0 radical (unpaired) electrons. The van der Waals surface area contributed by atoms with E-state index in [4.69, 9.17) is 0 Å². The number of thiophene rings is 2. The van der Waals surface area contributed by atoms with Gasteiger partial charge < -0.3 is 4.90 Å². The highest BCUT2D eigenvalue weighted by atomic mass is 32.1. The average Bonchev–Trinajstić information content (AvgIpc) is 3.94. The van der Waals surface area contributed by atoms with Crippen molar-refractivity contribution in [1.82, 2.24) is 0 Å². The van der Waals surface area contributed by atoms with Crippen molar-refractivity contribution in [2.75, 3.05) is 4.90 Å². The summed E-state index contributed by atoms with van der Waals surface area (Å²) in [6, 6.07) is 49.4. The van der Waals surface area contributed by atoms with Crippen molar-refractivity contribution < 1.29 is 0 Å². The normalized spacial score (nSPS) is 12.2. The lowest BCUT2D eigenvalue weighted by molar-refractivity contribution is 0.414. The van der Waals surface area contributed by atoms with Crippen LogP contribution in [0.4, 0.5) is 17.1 Å². The predicted octanol–water partition coefficient (Wildman–Crippen LogP) is 13.6. The maximum Gasteiger partial charge on any atom is 0.148 e. The minimum Gasteiger partial charge on any atom is -0.310 e. The molecule has 0 N–H and O–H groups in total. The van der Waals surface area contributed by atoms with Gasteiger partial charge in [0.15, 0.2) is 0 Å². The highest BCUT2D eigenvalue weighted by molar-refractivity contribution is 7.24. The van der Waals surface area contributed by atoms with Gasteiger partial charge in [-0.1, -0.05) is 94.1 Å². The van der Waals surface area contributed by atoms with Crippen LogP contribution in [0.5, 0.6) is 0 Å². The van der Waals surface area contributed by atoms with Crippen molar-refractivity contribution in [2.24, 2.45) is 0 Å². The third kappa shape index (κ3) is 6.35. The Bertz CT molecular complexity index is 2320. The van der Waals surface area contributed by atoms with Gasteiger partial charge in [-0.2, -0.15) is 15.8 Å². The minimum absolute atomic E-state index is 0.0935. The summed E-state index contributed by atoms with van der Waals surface area (Å²) in [5, 5.41) is 28.4. The zero-order chi connectivity index (χ0) is 36.1. The molecule has 6 heteroatoms. The number of hydrogen-bond donors (Lipinski definition) is 0. The Morgan fingerprint density at radius 1 is 0.577 bits per heavy atom. The maximum atomic E-state index is 9.68. The molecule has 0 amide bonds. The van der Waals surface area contributed by atoms with Crippen LogP contribution in [-0.4, -0.2) is 0 Å². The van der Waals surface area contributed by atoms with Crippen molar-refractivity contribution in [3.05, 3.63) is 143 Å². The van der Waals surface area contributed by atoms with Crippen LogP contribution in [0.15, 0.2) is 127 Å². The molecule has 0 aliphatic heterocycles. The average molecular weight is 711 g/mol. The van der Waals surface area contributed by atoms with Crippen molar-refractivity contribution in [3.63, 3.8) is 0 Å². The zero-order valence-corrected chi connectivity index (χ0v) is 31.0. The molecule has 0 saturated carbocycles. The van der Waals surface area contributed by atoms with E-state index in [1.165, 1.54) is 49.7 Å². The number of rotatable bonds is 12. The number of benzene rings is 4. The lowest BCUT2D eigenvalue weighted by atomic mass is 9.70. The molecule has 1 aliphatic carbocycles. The van der Waals surface area contributed by atoms with E-state index in [1.807, 2.05) is 24.3 Å². The van der Waals surface area contributed by atoms with E-state index in [0.717, 1.165) is 59.7 Å². The Labute approximate surface area is 314 Å². The standard InChI is InChI=1S/C46H38N4S2/c1-3-5-25-46(26-6-4-2)40-27-32(42-21-23-44(51-42)45-24-22-43(52-45)39(31-49)33(29-47)30-48)17-19-37(40)38-20-18-36(28-41(38)46)50(34-13-9-7-10-14-34)35-15-11-8-12-16-35/h7-24,27-28H,3-6,25-26H2,1-2H3. The molecule has 0 atom stereocenters. The van der Waals surface area contributed by atoms with Gasteiger partial charge in [-0.15, -0.1) is 22.7 Å². The maximum absolute atomic E-state index is 9.68. The number of allylic oxidation sites excluding steroid dienone is 2. The van der Waals surface area contributed by atoms with Gasteiger partial charge >= 0.3 is 0 Å². The molecule has 0 bridgehead atoms. The Hall–Kier alpha value is -5.71. The van der Waals surface area contributed by atoms with Crippen LogP contribution in [0.2, 0.25) is 0 Å². The Morgan fingerprint density at radius 2 is 1.13 bits per heavy atom. The fourth-order valence-electron chi connectivity index (χ4n) is 7.60. The van der Waals surface area contributed by atoms with Gasteiger partial charge in [0.25, 0.3) is 0 Å².